The molecule has 1 fully saturated rings. The maximum Gasteiger partial charge on any atom is 0.0621 e. The number of rotatable bonds is 4. The van der Waals surface area contributed by atoms with Crippen molar-refractivity contribution >= 4 is 0 Å². The van der Waals surface area contributed by atoms with E-state index in [1.165, 1.54) is 25.7 Å². The molecule has 0 heterocycles. The van der Waals surface area contributed by atoms with E-state index in [4.69, 9.17) is 10.5 Å². The van der Waals surface area contributed by atoms with Crippen LogP contribution < -0.4 is 0 Å². The fourth-order valence-corrected chi connectivity index (χ4v) is 2.35. The maximum absolute atomic E-state index is 8.48. The lowest BCUT2D eigenvalue weighted by Crippen LogP contribution is -2.14. The fourth-order valence-electron chi connectivity index (χ4n) is 2.35. The van der Waals surface area contributed by atoms with Crippen molar-refractivity contribution in [2.75, 3.05) is 0 Å². The Balaban J connectivity index is 2.12. The van der Waals surface area contributed by atoms with Gasteiger partial charge in [-0.05, 0) is 24.7 Å². The highest BCUT2D eigenvalue weighted by Crippen LogP contribution is 2.33. The molecule has 0 aromatic heterocycles. The van der Waals surface area contributed by atoms with Gasteiger partial charge >= 0.3 is 0 Å². The molecule has 0 aromatic carbocycles. The van der Waals surface area contributed by atoms with Crippen molar-refractivity contribution in [3.8, 4) is 12.1 Å². The minimum atomic E-state index is 0.716. The van der Waals surface area contributed by atoms with Gasteiger partial charge in [-0.2, -0.15) is 10.5 Å². The van der Waals surface area contributed by atoms with Crippen molar-refractivity contribution in [2.45, 2.75) is 51.4 Å². The maximum atomic E-state index is 8.48. The Morgan fingerprint density at radius 1 is 0.786 bits per heavy atom. The van der Waals surface area contributed by atoms with Crippen molar-refractivity contribution in [1.82, 2.24) is 0 Å². The van der Waals surface area contributed by atoms with Crippen molar-refractivity contribution in [3.63, 3.8) is 0 Å². The average molecular weight is 190 g/mol. The summed E-state index contributed by atoms with van der Waals surface area (Å²) in [6.45, 7) is 0. The van der Waals surface area contributed by atoms with Crippen LogP contribution in [0.4, 0.5) is 0 Å². The third-order valence-electron chi connectivity index (χ3n) is 3.30. The molecule has 0 aromatic rings. The molecular weight excluding hydrogens is 172 g/mol. The van der Waals surface area contributed by atoms with Crippen LogP contribution in [0.25, 0.3) is 0 Å². The first-order valence-corrected chi connectivity index (χ1v) is 5.60. The highest BCUT2D eigenvalue weighted by atomic mass is 14.3. The van der Waals surface area contributed by atoms with Crippen LogP contribution in [0.15, 0.2) is 0 Å². The molecule has 0 spiro atoms. The summed E-state index contributed by atoms with van der Waals surface area (Å²) in [6.07, 6.45) is 8.70. The SMILES string of the molecule is N#CCCC1CCC(CCC#N)CC1. The van der Waals surface area contributed by atoms with Crippen LogP contribution >= 0.6 is 0 Å². The molecule has 76 valence electrons. The molecule has 1 rings (SSSR count). The van der Waals surface area contributed by atoms with Gasteiger partial charge in [-0.3, -0.25) is 0 Å². The van der Waals surface area contributed by atoms with E-state index in [0.29, 0.717) is 12.8 Å². The third-order valence-corrected chi connectivity index (χ3v) is 3.30. The molecule has 0 aliphatic heterocycles. The Bertz CT molecular complexity index is 200. The molecule has 1 aliphatic rings. The van der Waals surface area contributed by atoms with Crippen molar-refractivity contribution in [1.29, 1.82) is 10.5 Å². The van der Waals surface area contributed by atoms with E-state index in [-0.39, 0.29) is 0 Å². The van der Waals surface area contributed by atoms with E-state index in [2.05, 4.69) is 12.1 Å². The number of hydrogen-bond donors (Lipinski definition) is 0. The average Bonchev–Trinajstić information content (AvgIpc) is 2.25. The Kier molecular flexibility index (Phi) is 5.08. The van der Waals surface area contributed by atoms with Gasteiger partial charge in [0.25, 0.3) is 0 Å². The van der Waals surface area contributed by atoms with Gasteiger partial charge in [0.15, 0.2) is 0 Å². The predicted octanol–water partition coefficient (Wildman–Crippen LogP) is 3.40. The topological polar surface area (TPSA) is 47.6 Å². The molecule has 0 saturated heterocycles. The van der Waals surface area contributed by atoms with Crippen LogP contribution in [0.1, 0.15) is 51.4 Å². The van der Waals surface area contributed by atoms with Gasteiger partial charge < -0.3 is 0 Å². The Morgan fingerprint density at radius 3 is 1.43 bits per heavy atom. The van der Waals surface area contributed by atoms with Gasteiger partial charge in [-0.15, -0.1) is 0 Å². The zero-order valence-electron chi connectivity index (χ0n) is 8.71. The van der Waals surface area contributed by atoms with E-state index in [1.807, 2.05) is 0 Å². The summed E-state index contributed by atoms with van der Waals surface area (Å²) in [5.74, 6) is 1.57. The van der Waals surface area contributed by atoms with Gasteiger partial charge in [-0.25, -0.2) is 0 Å². The quantitative estimate of drug-likeness (QED) is 0.682. The molecule has 1 aliphatic carbocycles. The summed E-state index contributed by atoms with van der Waals surface area (Å²) in [6, 6.07) is 4.43. The second-order valence-corrected chi connectivity index (χ2v) is 4.28. The number of hydrogen-bond acceptors (Lipinski definition) is 2. The lowest BCUT2D eigenvalue weighted by atomic mass is 9.78. The lowest BCUT2D eigenvalue weighted by molar-refractivity contribution is 0.256. The van der Waals surface area contributed by atoms with Gasteiger partial charge in [0, 0.05) is 12.8 Å². The molecule has 1 saturated carbocycles. The van der Waals surface area contributed by atoms with Crippen LogP contribution in [-0.2, 0) is 0 Å². The van der Waals surface area contributed by atoms with E-state index < -0.39 is 0 Å². The molecule has 0 radical (unpaired) electrons. The molecule has 2 nitrogen and oxygen atoms in total. The fraction of sp³-hybridized carbons (Fsp3) is 0.833. The highest BCUT2D eigenvalue weighted by molar-refractivity contribution is 4.79. The van der Waals surface area contributed by atoms with Crippen LogP contribution in [0, 0.1) is 34.5 Å². The van der Waals surface area contributed by atoms with E-state index in [1.54, 1.807) is 0 Å². The summed E-state index contributed by atoms with van der Waals surface area (Å²) in [7, 11) is 0. The van der Waals surface area contributed by atoms with Crippen molar-refractivity contribution < 1.29 is 0 Å². The minimum Gasteiger partial charge on any atom is -0.198 e. The zero-order valence-corrected chi connectivity index (χ0v) is 8.71. The summed E-state index contributed by atoms with van der Waals surface area (Å²) in [5.41, 5.74) is 0. The van der Waals surface area contributed by atoms with Crippen molar-refractivity contribution in [3.05, 3.63) is 0 Å². The standard InChI is InChI=1S/C12H18N2/c13-9-1-3-11-5-7-12(8-6-11)4-2-10-14/h11-12H,1-8H2. The van der Waals surface area contributed by atoms with Gasteiger partial charge in [0.05, 0.1) is 12.1 Å². The second-order valence-electron chi connectivity index (χ2n) is 4.28. The third kappa shape index (κ3) is 3.79. The van der Waals surface area contributed by atoms with Crippen LogP contribution in [0.5, 0.6) is 0 Å². The Labute approximate surface area is 86.5 Å². The van der Waals surface area contributed by atoms with Crippen molar-refractivity contribution in [2.24, 2.45) is 11.8 Å². The summed E-state index contributed by atoms with van der Waals surface area (Å²) in [5, 5.41) is 17.0. The highest BCUT2D eigenvalue weighted by Gasteiger charge is 2.20. The van der Waals surface area contributed by atoms with Crippen LogP contribution in [0.2, 0.25) is 0 Å². The van der Waals surface area contributed by atoms with Gasteiger partial charge in [0.2, 0.25) is 0 Å². The van der Waals surface area contributed by atoms with Crippen LogP contribution in [0.3, 0.4) is 0 Å². The van der Waals surface area contributed by atoms with Gasteiger partial charge in [-0.1, -0.05) is 25.7 Å². The smallest absolute Gasteiger partial charge is 0.0621 e. The number of nitriles is 2. The second kappa shape index (κ2) is 6.44. The molecular formula is C12H18N2. The first kappa shape index (κ1) is 11.1. The molecule has 0 N–H and O–H groups in total. The predicted molar refractivity (Wildman–Crippen MR) is 55.1 cm³/mol. The molecule has 0 unspecified atom stereocenters. The van der Waals surface area contributed by atoms with E-state index in [0.717, 1.165) is 24.7 Å². The summed E-state index contributed by atoms with van der Waals surface area (Å²) in [4.78, 5) is 0. The molecule has 14 heavy (non-hydrogen) atoms. The van der Waals surface area contributed by atoms with Gasteiger partial charge in [0.1, 0.15) is 0 Å². The molecule has 0 atom stereocenters. The Hall–Kier alpha value is -1.02. The zero-order chi connectivity index (χ0) is 10.2. The van der Waals surface area contributed by atoms with E-state index >= 15 is 0 Å². The first-order valence-electron chi connectivity index (χ1n) is 5.60. The first-order chi connectivity index (χ1) is 6.86. The molecule has 0 amide bonds. The monoisotopic (exact) mass is 190 g/mol. The summed E-state index contributed by atoms with van der Waals surface area (Å²) >= 11 is 0. The van der Waals surface area contributed by atoms with E-state index in [9.17, 15) is 0 Å². The molecule has 2 heteroatoms. The van der Waals surface area contributed by atoms with Crippen LogP contribution in [-0.4, -0.2) is 0 Å². The number of nitrogens with zero attached hydrogens (tertiary/aromatic N) is 2. The lowest BCUT2D eigenvalue weighted by Gasteiger charge is -2.27. The largest absolute Gasteiger partial charge is 0.198 e. The Morgan fingerprint density at radius 2 is 1.14 bits per heavy atom. The molecule has 0 bridgehead atoms. The normalized spacial score (nSPS) is 26.4. The summed E-state index contributed by atoms with van der Waals surface area (Å²) < 4.78 is 0. The minimum absolute atomic E-state index is 0.716.